The Bertz CT molecular complexity index is 866. The maximum absolute atomic E-state index is 12.5. The minimum absolute atomic E-state index is 0.0673. The molecule has 7 heteroatoms. The van der Waals surface area contributed by atoms with Gasteiger partial charge in [-0.2, -0.15) is 0 Å². The highest BCUT2D eigenvalue weighted by Crippen LogP contribution is 2.21. The first-order valence-corrected chi connectivity index (χ1v) is 9.72. The average molecular weight is 377 g/mol. The third-order valence-electron chi connectivity index (χ3n) is 3.82. The summed E-state index contributed by atoms with van der Waals surface area (Å²) in [6.07, 6.45) is 0.354. The molecule has 26 heavy (non-hydrogen) atoms. The van der Waals surface area contributed by atoms with E-state index >= 15 is 0 Å². The van der Waals surface area contributed by atoms with E-state index < -0.39 is 16.0 Å². The highest BCUT2D eigenvalue weighted by Gasteiger charge is 2.19. The van der Waals surface area contributed by atoms with Gasteiger partial charge in [0, 0.05) is 6.54 Å². The van der Waals surface area contributed by atoms with E-state index in [0.717, 1.165) is 5.56 Å². The quantitative estimate of drug-likeness (QED) is 0.572. The van der Waals surface area contributed by atoms with Crippen LogP contribution in [0.4, 0.5) is 0 Å². The number of ether oxygens (including phenoxy) is 1. The van der Waals surface area contributed by atoms with E-state index in [0.29, 0.717) is 28.0 Å². The zero-order valence-electron chi connectivity index (χ0n) is 15.1. The van der Waals surface area contributed by atoms with Gasteiger partial charge in [0.05, 0.1) is 17.1 Å². The highest BCUT2D eigenvalue weighted by atomic mass is 32.2. The van der Waals surface area contributed by atoms with Crippen LogP contribution in [0.5, 0.6) is 5.75 Å². The summed E-state index contributed by atoms with van der Waals surface area (Å²) in [5.74, 6) is -0.448. The Morgan fingerprint density at radius 1 is 1.08 bits per heavy atom. The van der Waals surface area contributed by atoms with Crippen LogP contribution in [0.2, 0.25) is 0 Å². The lowest BCUT2D eigenvalue weighted by atomic mass is 10.1. The summed E-state index contributed by atoms with van der Waals surface area (Å²) < 4.78 is 32.6. The molecule has 0 aliphatic carbocycles. The number of nitrogens with one attached hydrogen (secondary N) is 1. The molecule has 0 saturated carbocycles. The summed E-state index contributed by atoms with van der Waals surface area (Å²) in [7, 11) is -3.61. The Balaban J connectivity index is 1.86. The number of carbonyl (C=O) groups is 1. The molecule has 0 heterocycles. The monoisotopic (exact) mass is 377 g/mol. The van der Waals surface area contributed by atoms with Crippen molar-refractivity contribution in [3.8, 4) is 5.75 Å². The van der Waals surface area contributed by atoms with Crippen LogP contribution >= 0.6 is 0 Å². The summed E-state index contributed by atoms with van der Waals surface area (Å²) in [6.45, 7) is 5.72. The SMILES string of the molecule is Cc1cc(C)c(S(=O)(=O)NCCCOC(=O)c2ccc(O)cc2)c(C)c1. The van der Waals surface area contributed by atoms with Crippen LogP contribution in [0.15, 0.2) is 41.3 Å². The molecule has 2 rings (SSSR count). The van der Waals surface area contributed by atoms with Crippen molar-refractivity contribution in [1.82, 2.24) is 4.72 Å². The minimum Gasteiger partial charge on any atom is -0.508 e. The number of aryl methyl sites for hydroxylation is 3. The van der Waals surface area contributed by atoms with Crippen molar-refractivity contribution in [2.24, 2.45) is 0 Å². The fourth-order valence-corrected chi connectivity index (χ4v) is 4.31. The van der Waals surface area contributed by atoms with E-state index in [1.807, 2.05) is 19.1 Å². The summed E-state index contributed by atoms with van der Waals surface area (Å²) in [4.78, 5) is 12.1. The molecule has 0 aliphatic heterocycles. The summed E-state index contributed by atoms with van der Waals surface area (Å²) in [5.41, 5.74) is 2.75. The number of hydrogen-bond acceptors (Lipinski definition) is 5. The van der Waals surface area contributed by atoms with Crippen LogP contribution in [0.3, 0.4) is 0 Å². The lowest BCUT2D eigenvalue weighted by Gasteiger charge is -2.13. The number of benzene rings is 2. The van der Waals surface area contributed by atoms with Crippen molar-refractivity contribution < 1.29 is 23.1 Å². The van der Waals surface area contributed by atoms with Crippen LogP contribution in [-0.4, -0.2) is 32.6 Å². The number of rotatable bonds is 7. The number of esters is 1. The van der Waals surface area contributed by atoms with Crippen molar-refractivity contribution in [3.63, 3.8) is 0 Å². The molecule has 0 bridgehead atoms. The Morgan fingerprint density at radius 3 is 2.23 bits per heavy atom. The van der Waals surface area contributed by atoms with Crippen LogP contribution in [0.1, 0.15) is 33.5 Å². The van der Waals surface area contributed by atoms with E-state index in [4.69, 9.17) is 4.74 Å². The number of sulfonamides is 1. The van der Waals surface area contributed by atoms with Crippen molar-refractivity contribution in [1.29, 1.82) is 0 Å². The molecule has 140 valence electrons. The van der Waals surface area contributed by atoms with Gasteiger partial charge in [0.2, 0.25) is 10.0 Å². The second-order valence-electron chi connectivity index (χ2n) is 6.16. The third kappa shape index (κ3) is 5.06. The Morgan fingerprint density at radius 2 is 1.65 bits per heavy atom. The fraction of sp³-hybridized carbons (Fsp3) is 0.316. The van der Waals surface area contributed by atoms with E-state index in [9.17, 15) is 18.3 Å². The minimum atomic E-state index is -3.61. The van der Waals surface area contributed by atoms with Gasteiger partial charge >= 0.3 is 5.97 Å². The zero-order valence-corrected chi connectivity index (χ0v) is 15.9. The topological polar surface area (TPSA) is 92.7 Å². The standard InChI is InChI=1S/C19H23NO5S/c1-13-11-14(2)18(15(3)12-13)26(23,24)20-9-4-10-25-19(22)16-5-7-17(21)8-6-16/h5-8,11-12,20-21H,4,9-10H2,1-3H3. The molecule has 0 saturated heterocycles. The van der Waals surface area contributed by atoms with E-state index in [1.54, 1.807) is 13.8 Å². The lowest BCUT2D eigenvalue weighted by molar-refractivity contribution is 0.0502. The van der Waals surface area contributed by atoms with Crippen molar-refractivity contribution >= 4 is 16.0 Å². The molecular formula is C19H23NO5S. The van der Waals surface area contributed by atoms with Crippen LogP contribution in [0, 0.1) is 20.8 Å². The molecule has 0 aromatic heterocycles. The molecular weight excluding hydrogens is 354 g/mol. The van der Waals surface area contributed by atoms with Crippen LogP contribution in [-0.2, 0) is 14.8 Å². The first kappa shape index (κ1) is 19.9. The van der Waals surface area contributed by atoms with E-state index in [1.165, 1.54) is 24.3 Å². The number of hydrogen-bond donors (Lipinski definition) is 2. The molecule has 0 unspecified atom stereocenters. The average Bonchev–Trinajstić information content (AvgIpc) is 2.53. The Kier molecular flexibility index (Phi) is 6.39. The van der Waals surface area contributed by atoms with Crippen LogP contribution < -0.4 is 4.72 Å². The maximum atomic E-state index is 12.5. The Labute approximate surface area is 153 Å². The van der Waals surface area contributed by atoms with Gasteiger partial charge in [0.1, 0.15) is 5.75 Å². The first-order valence-electron chi connectivity index (χ1n) is 8.24. The largest absolute Gasteiger partial charge is 0.508 e. The van der Waals surface area contributed by atoms with E-state index in [-0.39, 0.29) is 18.9 Å². The second kappa shape index (κ2) is 8.33. The first-order chi connectivity index (χ1) is 12.2. The summed E-state index contributed by atoms with van der Waals surface area (Å²) in [5, 5.41) is 9.19. The molecule has 0 aliphatic rings. The third-order valence-corrected chi connectivity index (χ3v) is 5.59. The van der Waals surface area contributed by atoms with Crippen LogP contribution in [0.25, 0.3) is 0 Å². The van der Waals surface area contributed by atoms with Gasteiger partial charge in [-0.3, -0.25) is 0 Å². The van der Waals surface area contributed by atoms with Crippen molar-refractivity contribution in [2.45, 2.75) is 32.1 Å². The zero-order chi connectivity index (χ0) is 19.3. The second-order valence-corrected chi connectivity index (χ2v) is 7.87. The van der Waals surface area contributed by atoms with Gasteiger partial charge in [0.25, 0.3) is 0 Å². The van der Waals surface area contributed by atoms with Crippen molar-refractivity contribution in [3.05, 3.63) is 58.7 Å². The van der Waals surface area contributed by atoms with Gasteiger partial charge in [0.15, 0.2) is 0 Å². The number of aromatic hydroxyl groups is 1. The van der Waals surface area contributed by atoms with Gasteiger partial charge < -0.3 is 9.84 Å². The summed E-state index contributed by atoms with van der Waals surface area (Å²) >= 11 is 0. The van der Waals surface area contributed by atoms with Gasteiger partial charge in [-0.1, -0.05) is 17.7 Å². The van der Waals surface area contributed by atoms with Gasteiger partial charge in [-0.25, -0.2) is 17.9 Å². The molecule has 2 aromatic rings. The normalized spacial score (nSPS) is 11.3. The fourth-order valence-electron chi connectivity index (χ4n) is 2.79. The molecule has 6 nitrogen and oxygen atoms in total. The lowest BCUT2D eigenvalue weighted by Crippen LogP contribution is -2.27. The maximum Gasteiger partial charge on any atom is 0.338 e. The molecule has 2 N–H and O–H groups in total. The smallest absolute Gasteiger partial charge is 0.338 e. The predicted octanol–water partition coefficient (Wildman–Crippen LogP) is 2.84. The highest BCUT2D eigenvalue weighted by molar-refractivity contribution is 7.89. The molecule has 0 spiro atoms. The molecule has 0 radical (unpaired) electrons. The summed E-state index contributed by atoms with van der Waals surface area (Å²) in [6, 6.07) is 9.39. The predicted molar refractivity (Wildman–Crippen MR) is 98.8 cm³/mol. The molecule has 2 aromatic carbocycles. The Hall–Kier alpha value is -2.38. The van der Waals surface area contributed by atoms with E-state index in [2.05, 4.69) is 4.72 Å². The van der Waals surface area contributed by atoms with Crippen molar-refractivity contribution in [2.75, 3.05) is 13.2 Å². The number of phenolic OH excluding ortho intramolecular Hbond substituents is 1. The number of phenols is 1. The molecule has 0 amide bonds. The van der Waals surface area contributed by atoms with Gasteiger partial charge in [-0.15, -0.1) is 0 Å². The molecule has 0 fully saturated rings. The van der Waals surface area contributed by atoms with Gasteiger partial charge in [-0.05, 0) is 62.6 Å². The molecule has 0 atom stereocenters. The number of carbonyl (C=O) groups excluding carboxylic acids is 1.